The Balaban J connectivity index is 1.44. The number of para-hydroxylation sites is 1. The molecule has 34 heavy (non-hydrogen) atoms. The number of phenols is 1. The van der Waals surface area contributed by atoms with Crippen LogP contribution >= 0.6 is 0 Å². The number of rotatable bonds is 3. The highest BCUT2D eigenvalue weighted by atomic mass is 19.4. The molecular weight excluding hydrogens is 450 g/mol. The summed E-state index contributed by atoms with van der Waals surface area (Å²) >= 11 is 0. The smallest absolute Gasteiger partial charge is 0.417 e. The lowest BCUT2D eigenvalue weighted by Gasteiger charge is -2.36. The second-order valence-corrected chi connectivity index (χ2v) is 7.93. The van der Waals surface area contributed by atoms with Gasteiger partial charge in [-0.3, -0.25) is 0 Å². The second-order valence-electron chi connectivity index (χ2n) is 7.93. The van der Waals surface area contributed by atoms with Crippen molar-refractivity contribution in [2.24, 2.45) is 0 Å². The van der Waals surface area contributed by atoms with Crippen molar-refractivity contribution in [3.63, 3.8) is 0 Å². The molecule has 0 atom stereocenters. The number of hydrogen-bond acceptors (Lipinski definition) is 6. The molecule has 1 N–H and O–H groups in total. The van der Waals surface area contributed by atoms with Crippen LogP contribution in [0.2, 0.25) is 0 Å². The summed E-state index contributed by atoms with van der Waals surface area (Å²) in [7, 11) is 0. The number of fused-ring (bicyclic) bond motifs is 1. The van der Waals surface area contributed by atoms with Gasteiger partial charge in [0.25, 0.3) is 0 Å². The van der Waals surface area contributed by atoms with Gasteiger partial charge in [-0.15, -0.1) is 0 Å². The van der Waals surface area contributed by atoms with E-state index in [4.69, 9.17) is 0 Å². The number of piperazine rings is 1. The molecule has 174 valence electrons. The Bertz CT molecular complexity index is 1340. The maximum absolute atomic E-state index is 14.1. The highest BCUT2D eigenvalue weighted by Crippen LogP contribution is 2.33. The molecule has 0 spiro atoms. The lowest BCUT2D eigenvalue weighted by molar-refractivity contribution is -0.137. The number of phenolic OH excluding ortho intramolecular Hbond substituents is 1. The third-order valence-corrected chi connectivity index (χ3v) is 5.76. The summed E-state index contributed by atoms with van der Waals surface area (Å²) in [6.07, 6.45) is -3.60. The van der Waals surface area contributed by atoms with Gasteiger partial charge in [0, 0.05) is 37.8 Å². The summed E-state index contributed by atoms with van der Waals surface area (Å²) < 4.78 is 52.5. The van der Waals surface area contributed by atoms with Crippen LogP contribution in [0.5, 0.6) is 5.75 Å². The number of anilines is 2. The lowest BCUT2D eigenvalue weighted by atomic mass is 10.1. The molecule has 1 saturated heterocycles. The Morgan fingerprint density at radius 3 is 2.26 bits per heavy atom. The summed E-state index contributed by atoms with van der Waals surface area (Å²) in [6.45, 7) is 1.97. The monoisotopic (exact) mass is 469 g/mol. The van der Waals surface area contributed by atoms with Gasteiger partial charge in [0.1, 0.15) is 23.2 Å². The van der Waals surface area contributed by atoms with Crippen LogP contribution in [0.3, 0.4) is 0 Å². The highest BCUT2D eigenvalue weighted by molar-refractivity contribution is 5.91. The Hall–Kier alpha value is -3.95. The van der Waals surface area contributed by atoms with Crippen molar-refractivity contribution in [2.45, 2.75) is 6.18 Å². The highest BCUT2D eigenvalue weighted by Gasteiger charge is 2.31. The average molecular weight is 469 g/mol. The Morgan fingerprint density at radius 1 is 0.853 bits per heavy atom. The standard InChI is InChI=1S/C24H19F4N5O/c25-16-6-7-19-18(13-16)23(31-22(30-19)17-3-1-2-4-20(17)34)33-11-9-32(10-12-33)21-8-5-15(14-29-21)24(26,27)28/h1-8,13-14,34H,9-12H2. The number of aromatic nitrogens is 3. The molecular formula is C24H19F4N5O. The van der Waals surface area contributed by atoms with Crippen LogP contribution in [-0.4, -0.2) is 46.2 Å². The first-order valence-corrected chi connectivity index (χ1v) is 10.6. The molecule has 0 unspecified atom stereocenters. The molecule has 4 aromatic rings. The van der Waals surface area contributed by atoms with Crippen molar-refractivity contribution in [3.05, 3.63) is 72.2 Å². The number of pyridine rings is 1. The van der Waals surface area contributed by atoms with Gasteiger partial charge in [-0.2, -0.15) is 13.2 Å². The van der Waals surface area contributed by atoms with E-state index in [-0.39, 0.29) is 5.75 Å². The lowest BCUT2D eigenvalue weighted by Crippen LogP contribution is -2.47. The fourth-order valence-corrected chi connectivity index (χ4v) is 4.00. The van der Waals surface area contributed by atoms with Gasteiger partial charge in [-0.25, -0.2) is 19.3 Å². The van der Waals surface area contributed by atoms with E-state index in [1.165, 1.54) is 18.2 Å². The molecule has 5 rings (SSSR count). The van der Waals surface area contributed by atoms with E-state index in [9.17, 15) is 22.7 Å². The van der Waals surface area contributed by atoms with Gasteiger partial charge in [-0.1, -0.05) is 12.1 Å². The number of alkyl halides is 3. The molecule has 0 radical (unpaired) electrons. The summed E-state index contributed by atoms with van der Waals surface area (Å²) in [5.41, 5.74) is 0.208. The average Bonchev–Trinajstić information content (AvgIpc) is 2.83. The summed E-state index contributed by atoms with van der Waals surface area (Å²) in [6, 6.07) is 13.4. The third-order valence-electron chi connectivity index (χ3n) is 5.76. The van der Waals surface area contributed by atoms with Crippen molar-refractivity contribution in [2.75, 3.05) is 36.0 Å². The van der Waals surface area contributed by atoms with Crippen LogP contribution in [0.15, 0.2) is 60.8 Å². The van der Waals surface area contributed by atoms with Gasteiger partial charge < -0.3 is 14.9 Å². The van der Waals surface area contributed by atoms with Gasteiger partial charge in [0.2, 0.25) is 0 Å². The molecule has 10 heteroatoms. The topological polar surface area (TPSA) is 65.4 Å². The molecule has 0 aliphatic carbocycles. The minimum absolute atomic E-state index is 0.0353. The van der Waals surface area contributed by atoms with E-state index in [0.717, 1.165) is 12.3 Å². The van der Waals surface area contributed by atoms with E-state index < -0.39 is 17.6 Å². The van der Waals surface area contributed by atoms with Crippen molar-refractivity contribution in [1.82, 2.24) is 15.0 Å². The van der Waals surface area contributed by atoms with Gasteiger partial charge in [0.15, 0.2) is 5.82 Å². The van der Waals surface area contributed by atoms with E-state index >= 15 is 0 Å². The summed E-state index contributed by atoms with van der Waals surface area (Å²) in [5.74, 6) is 0.927. The largest absolute Gasteiger partial charge is 0.507 e. The Labute approximate surface area is 192 Å². The first-order valence-electron chi connectivity index (χ1n) is 10.6. The molecule has 1 aliphatic rings. The molecule has 6 nitrogen and oxygen atoms in total. The van der Waals surface area contributed by atoms with Crippen LogP contribution in [-0.2, 0) is 6.18 Å². The van der Waals surface area contributed by atoms with Crippen LogP contribution in [0.4, 0.5) is 29.2 Å². The van der Waals surface area contributed by atoms with Crippen molar-refractivity contribution in [3.8, 4) is 17.1 Å². The number of benzene rings is 2. The van der Waals surface area contributed by atoms with Gasteiger partial charge in [-0.05, 0) is 42.5 Å². The minimum atomic E-state index is -4.43. The zero-order valence-electron chi connectivity index (χ0n) is 17.8. The quantitative estimate of drug-likeness (QED) is 0.432. The van der Waals surface area contributed by atoms with E-state index in [0.29, 0.717) is 60.1 Å². The van der Waals surface area contributed by atoms with Crippen molar-refractivity contribution < 1.29 is 22.7 Å². The number of halogens is 4. The predicted molar refractivity (Wildman–Crippen MR) is 120 cm³/mol. The first kappa shape index (κ1) is 21.9. The minimum Gasteiger partial charge on any atom is -0.507 e. The first-order chi connectivity index (χ1) is 16.3. The zero-order chi connectivity index (χ0) is 23.9. The van der Waals surface area contributed by atoms with E-state index in [1.807, 2.05) is 9.80 Å². The van der Waals surface area contributed by atoms with Crippen molar-refractivity contribution in [1.29, 1.82) is 0 Å². The molecule has 2 aromatic carbocycles. The molecule has 1 aliphatic heterocycles. The number of hydrogen-bond donors (Lipinski definition) is 1. The zero-order valence-corrected chi connectivity index (χ0v) is 17.8. The predicted octanol–water partition coefficient (Wildman–Crippen LogP) is 4.88. The molecule has 0 saturated carbocycles. The second kappa shape index (κ2) is 8.44. The molecule has 0 amide bonds. The molecule has 1 fully saturated rings. The SMILES string of the molecule is Oc1ccccc1-c1nc(N2CCN(c3ccc(C(F)(F)F)cn3)CC2)c2cc(F)ccc2n1. The number of aromatic hydroxyl groups is 1. The molecule has 3 heterocycles. The normalized spacial score (nSPS) is 14.6. The van der Waals surface area contributed by atoms with Crippen LogP contribution in [0.25, 0.3) is 22.3 Å². The molecule has 0 bridgehead atoms. The van der Waals surface area contributed by atoms with Gasteiger partial charge >= 0.3 is 6.18 Å². The van der Waals surface area contributed by atoms with Crippen LogP contribution in [0, 0.1) is 5.82 Å². The summed E-state index contributed by atoms with van der Waals surface area (Å²) in [4.78, 5) is 17.0. The number of nitrogens with zero attached hydrogens (tertiary/aromatic N) is 5. The fraction of sp³-hybridized carbons (Fsp3) is 0.208. The summed E-state index contributed by atoms with van der Waals surface area (Å²) in [5, 5.41) is 10.8. The van der Waals surface area contributed by atoms with Crippen LogP contribution in [0.1, 0.15) is 5.56 Å². The van der Waals surface area contributed by atoms with Crippen molar-refractivity contribution >= 4 is 22.5 Å². The maximum Gasteiger partial charge on any atom is 0.417 e. The van der Waals surface area contributed by atoms with Crippen LogP contribution < -0.4 is 9.80 Å². The maximum atomic E-state index is 14.1. The molecule has 2 aromatic heterocycles. The van der Waals surface area contributed by atoms with E-state index in [2.05, 4.69) is 15.0 Å². The Morgan fingerprint density at radius 2 is 1.59 bits per heavy atom. The third kappa shape index (κ3) is 4.18. The fourth-order valence-electron chi connectivity index (χ4n) is 4.00. The van der Waals surface area contributed by atoms with E-state index in [1.54, 1.807) is 30.3 Å². The Kier molecular flexibility index (Phi) is 5.43. The van der Waals surface area contributed by atoms with Gasteiger partial charge in [0.05, 0.1) is 16.6 Å².